The molecule has 0 aliphatic carbocycles. The van der Waals surface area contributed by atoms with Crippen molar-refractivity contribution in [1.82, 2.24) is 4.98 Å². The van der Waals surface area contributed by atoms with Crippen molar-refractivity contribution in [2.24, 2.45) is 0 Å². The molecule has 134 valence electrons. The highest BCUT2D eigenvalue weighted by Crippen LogP contribution is 2.43. The Balaban J connectivity index is 2.17. The number of pyridine rings is 1. The molecule has 0 saturated heterocycles. The summed E-state index contributed by atoms with van der Waals surface area (Å²) in [6.45, 7) is 3.95. The van der Waals surface area contributed by atoms with E-state index in [-0.39, 0.29) is 5.69 Å². The normalized spacial score (nSPS) is 16.9. The summed E-state index contributed by atoms with van der Waals surface area (Å²) in [6.07, 6.45) is 1.55. The van der Waals surface area contributed by atoms with E-state index in [1.807, 2.05) is 13.8 Å². The van der Waals surface area contributed by atoms with E-state index < -0.39 is 25.8 Å². The van der Waals surface area contributed by atoms with Crippen molar-refractivity contribution in [2.45, 2.75) is 29.9 Å². The third-order valence-electron chi connectivity index (χ3n) is 3.69. The first-order chi connectivity index (χ1) is 11.5. The number of halogens is 3. The number of ether oxygens (including phenoxy) is 1. The summed E-state index contributed by atoms with van der Waals surface area (Å²) in [5, 5.41) is 0. The fraction of sp³-hybridized carbons (Fsp3) is 0.312. The molecule has 0 saturated carbocycles. The van der Waals surface area contributed by atoms with E-state index >= 15 is 0 Å². The summed E-state index contributed by atoms with van der Waals surface area (Å²) in [7, 11) is -5.45. The molecule has 1 aromatic heterocycles. The van der Waals surface area contributed by atoms with Crippen LogP contribution in [0.25, 0.3) is 0 Å². The molecular formula is C16H15F3N2O3S. The molecule has 2 heterocycles. The van der Waals surface area contributed by atoms with Gasteiger partial charge in [0.25, 0.3) is 9.84 Å². The Kier molecular flexibility index (Phi) is 3.94. The smallest absolute Gasteiger partial charge is 0.484 e. The maximum absolute atomic E-state index is 12.8. The maximum atomic E-state index is 12.8. The lowest BCUT2D eigenvalue weighted by Gasteiger charge is -2.40. The van der Waals surface area contributed by atoms with Crippen LogP contribution in [0.2, 0.25) is 0 Å². The third kappa shape index (κ3) is 3.15. The molecule has 1 aliphatic rings. The monoisotopic (exact) mass is 372 g/mol. The first-order valence-corrected chi connectivity index (χ1v) is 8.83. The molecule has 0 bridgehead atoms. The SMILES string of the molecule is CC1(C)CN(c2ccccn2)c2cc(S(=O)(=O)C(F)(F)F)ccc2O1. The molecule has 0 fully saturated rings. The number of aromatic nitrogens is 1. The molecule has 0 spiro atoms. The summed E-state index contributed by atoms with van der Waals surface area (Å²) in [4.78, 5) is 5.02. The summed E-state index contributed by atoms with van der Waals surface area (Å²) < 4.78 is 67.7. The van der Waals surface area contributed by atoms with Gasteiger partial charge in [-0.2, -0.15) is 13.2 Å². The maximum Gasteiger partial charge on any atom is 0.501 e. The van der Waals surface area contributed by atoms with E-state index in [1.165, 1.54) is 6.07 Å². The summed E-state index contributed by atoms with van der Waals surface area (Å²) in [6, 6.07) is 8.25. The van der Waals surface area contributed by atoms with Crippen LogP contribution in [0.1, 0.15) is 13.8 Å². The van der Waals surface area contributed by atoms with Crippen molar-refractivity contribution >= 4 is 21.3 Å². The van der Waals surface area contributed by atoms with E-state index in [2.05, 4.69) is 4.98 Å². The average molecular weight is 372 g/mol. The highest BCUT2D eigenvalue weighted by atomic mass is 32.2. The highest BCUT2D eigenvalue weighted by Gasteiger charge is 2.47. The molecule has 2 aromatic rings. The molecule has 3 rings (SSSR count). The molecule has 0 N–H and O–H groups in total. The van der Waals surface area contributed by atoms with E-state index in [9.17, 15) is 21.6 Å². The lowest BCUT2D eigenvalue weighted by Crippen LogP contribution is -2.45. The van der Waals surface area contributed by atoms with Crippen LogP contribution in [0.15, 0.2) is 47.5 Å². The van der Waals surface area contributed by atoms with Gasteiger partial charge in [-0.1, -0.05) is 6.07 Å². The molecule has 1 aromatic carbocycles. The number of rotatable bonds is 2. The zero-order valence-electron chi connectivity index (χ0n) is 13.4. The lowest BCUT2D eigenvalue weighted by atomic mass is 10.1. The number of anilines is 2. The Morgan fingerprint density at radius 1 is 1.20 bits per heavy atom. The van der Waals surface area contributed by atoms with Gasteiger partial charge >= 0.3 is 5.51 Å². The second-order valence-corrected chi connectivity index (χ2v) is 8.16. The largest absolute Gasteiger partial charge is 0.501 e. The number of alkyl halides is 3. The quantitative estimate of drug-likeness (QED) is 0.805. The van der Waals surface area contributed by atoms with Gasteiger partial charge in [0.2, 0.25) is 0 Å². The van der Waals surface area contributed by atoms with E-state index in [0.29, 0.717) is 18.1 Å². The van der Waals surface area contributed by atoms with E-state index in [1.54, 1.807) is 29.3 Å². The van der Waals surface area contributed by atoms with E-state index in [4.69, 9.17) is 4.74 Å². The van der Waals surface area contributed by atoms with Crippen molar-refractivity contribution in [3.05, 3.63) is 42.6 Å². The lowest BCUT2D eigenvalue weighted by molar-refractivity contribution is -0.0436. The number of sulfone groups is 1. The van der Waals surface area contributed by atoms with Gasteiger partial charge in [0, 0.05) is 6.20 Å². The molecule has 0 unspecified atom stereocenters. The number of hydrogen-bond donors (Lipinski definition) is 0. The minimum absolute atomic E-state index is 0.225. The Hall–Kier alpha value is -2.29. The summed E-state index contributed by atoms with van der Waals surface area (Å²) in [5.74, 6) is 0.782. The van der Waals surface area contributed by atoms with Gasteiger partial charge in [-0.3, -0.25) is 0 Å². The molecular weight excluding hydrogens is 357 g/mol. The predicted octanol–water partition coefficient (Wildman–Crippen LogP) is 3.68. The van der Waals surface area contributed by atoms with Crippen molar-refractivity contribution in [2.75, 3.05) is 11.4 Å². The van der Waals surface area contributed by atoms with Crippen LogP contribution < -0.4 is 9.64 Å². The van der Waals surface area contributed by atoms with Crippen LogP contribution in [0.3, 0.4) is 0 Å². The van der Waals surface area contributed by atoms with Gasteiger partial charge < -0.3 is 9.64 Å². The number of fused-ring (bicyclic) bond motifs is 1. The van der Waals surface area contributed by atoms with E-state index in [0.717, 1.165) is 12.1 Å². The zero-order chi connectivity index (χ0) is 18.5. The summed E-state index contributed by atoms with van der Waals surface area (Å²) >= 11 is 0. The molecule has 5 nitrogen and oxygen atoms in total. The molecule has 1 aliphatic heterocycles. The number of hydrogen-bond acceptors (Lipinski definition) is 5. The number of nitrogens with zero attached hydrogens (tertiary/aromatic N) is 2. The van der Waals surface area contributed by atoms with Crippen LogP contribution in [0.4, 0.5) is 24.7 Å². The van der Waals surface area contributed by atoms with Crippen LogP contribution in [-0.4, -0.2) is 31.1 Å². The van der Waals surface area contributed by atoms with Gasteiger partial charge in [0.15, 0.2) is 0 Å². The third-order valence-corrected chi connectivity index (χ3v) is 5.17. The first kappa shape index (κ1) is 17.5. The van der Waals surface area contributed by atoms with Crippen LogP contribution >= 0.6 is 0 Å². The molecule has 0 amide bonds. The molecule has 0 radical (unpaired) electrons. The topological polar surface area (TPSA) is 59.5 Å². The second-order valence-electron chi connectivity index (χ2n) is 6.21. The Morgan fingerprint density at radius 3 is 2.52 bits per heavy atom. The molecule has 25 heavy (non-hydrogen) atoms. The van der Waals surface area contributed by atoms with Crippen LogP contribution in [0.5, 0.6) is 5.75 Å². The highest BCUT2D eigenvalue weighted by molar-refractivity contribution is 7.92. The van der Waals surface area contributed by atoms with Gasteiger partial charge in [-0.05, 0) is 44.2 Å². The Morgan fingerprint density at radius 2 is 1.92 bits per heavy atom. The van der Waals surface area contributed by atoms with Crippen molar-refractivity contribution in [3.63, 3.8) is 0 Å². The van der Waals surface area contributed by atoms with Crippen molar-refractivity contribution < 1.29 is 26.3 Å². The predicted molar refractivity (Wildman–Crippen MR) is 85.6 cm³/mol. The fourth-order valence-corrected chi connectivity index (χ4v) is 3.39. The second kappa shape index (κ2) is 5.62. The molecule has 0 atom stereocenters. The zero-order valence-corrected chi connectivity index (χ0v) is 14.2. The van der Waals surface area contributed by atoms with Crippen molar-refractivity contribution in [1.29, 1.82) is 0 Å². The van der Waals surface area contributed by atoms with Crippen molar-refractivity contribution in [3.8, 4) is 5.75 Å². The Labute approximate surface area is 143 Å². The van der Waals surface area contributed by atoms with Gasteiger partial charge in [-0.25, -0.2) is 13.4 Å². The van der Waals surface area contributed by atoms with Gasteiger partial charge in [-0.15, -0.1) is 0 Å². The molecule has 9 heteroatoms. The fourth-order valence-electron chi connectivity index (χ4n) is 2.61. The van der Waals surface area contributed by atoms with Crippen LogP contribution in [-0.2, 0) is 9.84 Å². The Bertz CT molecular complexity index is 897. The standard InChI is InChI=1S/C16H15F3N2O3S/c1-15(2)10-21(14-5-3-4-8-20-14)12-9-11(6-7-13(12)24-15)25(22,23)16(17,18)19/h3-9H,10H2,1-2H3. The first-order valence-electron chi connectivity index (χ1n) is 7.34. The van der Waals surface area contributed by atoms with Crippen LogP contribution in [0, 0.1) is 0 Å². The number of benzene rings is 1. The van der Waals surface area contributed by atoms with Gasteiger partial charge in [0.05, 0.1) is 17.1 Å². The minimum atomic E-state index is -5.45. The average Bonchev–Trinajstić information content (AvgIpc) is 2.52. The summed E-state index contributed by atoms with van der Waals surface area (Å²) in [5.41, 5.74) is -5.77. The van der Waals surface area contributed by atoms with Gasteiger partial charge in [0.1, 0.15) is 17.2 Å². The minimum Gasteiger partial charge on any atom is -0.484 e.